The third-order valence-corrected chi connectivity index (χ3v) is 4.89. The maximum atomic E-state index is 12.9. The van der Waals surface area contributed by atoms with Gasteiger partial charge in [0, 0.05) is 11.7 Å². The van der Waals surface area contributed by atoms with Crippen LogP contribution < -0.4 is 4.90 Å². The highest BCUT2D eigenvalue weighted by Gasteiger charge is 2.30. The number of carbonyl (C=O) groups excluding carboxylic acids is 1. The molecule has 25 heavy (non-hydrogen) atoms. The van der Waals surface area contributed by atoms with Crippen molar-refractivity contribution in [2.24, 2.45) is 0 Å². The molecule has 1 aliphatic heterocycles. The number of hydrogen-bond acceptors (Lipinski definition) is 1. The van der Waals surface area contributed by atoms with Gasteiger partial charge < -0.3 is 4.90 Å². The topological polar surface area (TPSA) is 20.3 Å². The third kappa shape index (κ3) is 3.08. The van der Waals surface area contributed by atoms with Crippen LogP contribution in [0.5, 0.6) is 0 Å². The molecule has 0 radical (unpaired) electrons. The molecule has 0 bridgehead atoms. The van der Waals surface area contributed by atoms with E-state index in [9.17, 15) is 4.79 Å². The molecule has 4 rings (SSSR count). The van der Waals surface area contributed by atoms with E-state index in [1.165, 1.54) is 16.7 Å². The Balaban J connectivity index is 1.52. The van der Waals surface area contributed by atoms with Crippen molar-refractivity contribution < 1.29 is 4.79 Å². The molecule has 0 saturated carbocycles. The summed E-state index contributed by atoms with van der Waals surface area (Å²) in [4.78, 5) is 14.8. The first-order valence-electron chi connectivity index (χ1n) is 8.77. The summed E-state index contributed by atoms with van der Waals surface area (Å²) in [7, 11) is 0. The maximum absolute atomic E-state index is 12.9. The van der Waals surface area contributed by atoms with Crippen LogP contribution in [0.1, 0.15) is 18.1 Å². The molecule has 0 fully saturated rings. The van der Waals surface area contributed by atoms with E-state index in [1.807, 2.05) is 35.2 Å². The Hall–Kier alpha value is -2.87. The van der Waals surface area contributed by atoms with Crippen molar-refractivity contribution in [3.8, 4) is 11.1 Å². The molecule has 1 heterocycles. The lowest BCUT2D eigenvalue weighted by Gasteiger charge is -2.23. The van der Waals surface area contributed by atoms with Crippen molar-refractivity contribution in [3.63, 3.8) is 0 Å². The van der Waals surface area contributed by atoms with Crippen LogP contribution in [0, 0.1) is 0 Å². The van der Waals surface area contributed by atoms with E-state index in [4.69, 9.17) is 0 Å². The molecule has 0 aliphatic carbocycles. The van der Waals surface area contributed by atoms with Gasteiger partial charge in [-0.3, -0.25) is 4.79 Å². The van der Waals surface area contributed by atoms with Crippen LogP contribution >= 0.6 is 0 Å². The summed E-state index contributed by atoms with van der Waals surface area (Å²) in [6.45, 7) is 2.12. The van der Waals surface area contributed by atoms with Gasteiger partial charge in [0.05, 0.1) is 6.42 Å². The number of fused-ring (bicyclic) bond motifs is 1. The van der Waals surface area contributed by atoms with Crippen molar-refractivity contribution >= 4 is 11.6 Å². The predicted octanol–water partition coefficient (Wildman–Crippen LogP) is 4.87. The molecular formula is C23H21NO. The maximum Gasteiger partial charge on any atom is 0.231 e. The first-order chi connectivity index (χ1) is 12.2. The highest BCUT2D eigenvalue weighted by molar-refractivity contribution is 5.97. The summed E-state index contributed by atoms with van der Waals surface area (Å²) >= 11 is 0. The lowest BCUT2D eigenvalue weighted by Crippen LogP contribution is -2.36. The van der Waals surface area contributed by atoms with Crippen molar-refractivity contribution in [2.45, 2.75) is 25.8 Å². The van der Waals surface area contributed by atoms with E-state index in [1.54, 1.807) is 0 Å². The van der Waals surface area contributed by atoms with Crippen molar-refractivity contribution in [3.05, 3.63) is 90.0 Å². The molecule has 0 saturated heterocycles. The van der Waals surface area contributed by atoms with E-state index in [2.05, 4.69) is 55.5 Å². The van der Waals surface area contributed by atoms with Gasteiger partial charge in [0.25, 0.3) is 0 Å². The standard InChI is InChI=1S/C23H21NO/c1-17-15-21-9-5-6-10-22(21)24(17)23(25)16-18-11-13-20(14-12-18)19-7-3-2-4-8-19/h2-14,17H,15-16H2,1H3. The van der Waals surface area contributed by atoms with Crippen molar-refractivity contribution in [2.75, 3.05) is 4.90 Å². The lowest BCUT2D eigenvalue weighted by atomic mass is 10.0. The van der Waals surface area contributed by atoms with Crippen molar-refractivity contribution in [1.29, 1.82) is 0 Å². The molecule has 0 aromatic heterocycles. The van der Waals surface area contributed by atoms with E-state index in [0.717, 1.165) is 17.7 Å². The predicted molar refractivity (Wildman–Crippen MR) is 103 cm³/mol. The summed E-state index contributed by atoms with van der Waals surface area (Å²) in [6.07, 6.45) is 1.38. The second-order valence-electron chi connectivity index (χ2n) is 6.69. The van der Waals surface area contributed by atoms with Gasteiger partial charge in [0.2, 0.25) is 5.91 Å². The number of anilines is 1. The van der Waals surface area contributed by atoms with Crippen LogP contribution in [0.15, 0.2) is 78.9 Å². The van der Waals surface area contributed by atoms with Gasteiger partial charge in [0.1, 0.15) is 0 Å². The SMILES string of the molecule is CC1Cc2ccccc2N1C(=O)Cc1ccc(-c2ccccc2)cc1. The summed E-state index contributed by atoms with van der Waals surface area (Å²) in [6, 6.07) is 27.1. The van der Waals surface area contributed by atoms with Gasteiger partial charge in [-0.2, -0.15) is 0 Å². The molecule has 2 nitrogen and oxygen atoms in total. The molecule has 3 aromatic rings. The largest absolute Gasteiger partial charge is 0.309 e. The fraction of sp³-hybridized carbons (Fsp3) is 0.174. The average molecular weight is 327 g/mol. The zero-order chi connectivity index (χ0) is 17.2. The number of para-hydroxylation sites is 1. The molecule has 1 unspecified atom stereocenters. The minimum Gasteiger partial charge on any atom is -0.309 e. The molecule has 0 N–H and O–H groups in total. The third-order valence-electron chi connectivity index (χ3n) is 4.89. The second kappa shape index (κ2) is 6.56. The van der Waals surface area contributed by atoms with E-state index in [-0.39, 0.29) is 11.9 Å². The highest BCUT2D eigenvalue weighted by atomic mass is 16.2. The van der Waals surface area contributed by atoms with Crippen LogP contribution in [0.3, 0.4) is 0 Å². The second-order valence-corrected chi connectivity index (χ2v) is 6.69. The van der Waals surface area contributed by atoms with Gasteiger partial charge in [-0.25, -0.2) is 0 Å². The molecule has 1 amide bonds. The van der Waals surface area contributed by atoms with Crippen LogP contribution in [0.4, 0.5) is 5.69 Å². The monoisotopic (exact) mass is 327 g/mol. The Kier molecular flexibility index (Phi) is 4.10. The van der Waals surface area contributed by atoms with Gasteiger partial charge in [-0.15, -0.1) is 0 Å². The minimum absolute atomic E-state index is 0.171. The molecule has 2 heteroatoms. The first kappa shape index (κ1) is 15.6. The van der Waals surface area contributed by atoms with E-state index < -0.39 is 0 Å². The highest BCUT2D eigenvalue weighted by Crippen LogP contribution is 2.32. The quantitative estimate of drug-likeness (QED) is 0.672. The summed E-state index contributed by atoms with van der Waals surface area (Å²) in [5.74, 6) is 0.171. The molecule has 3 aromatic carbocycles. The van der Waals surface area contributed by atoms with Crippen LogP contribution in [0.25, 0.3) is 11.1 Å². The van der Waals surface area contributed by atoms with Crippen molar-refractivity contribution in [1.82, 2.24) is 0 Å². The molecule has 1 aliphatic rings. The summed E-state index contributed by atoms with van der Waals surface area (Å²) in [5.41, 5.74) is 5.77. The number of benzene rings is 3. The van der Waals surface area contributed by atoms with Gasteiger partial charge in [0.15, 0.2) is 0 Å². The Morgan fingerprint density at radius 2 is 1.52 bits per heavy atom. The summed E-state index contributed by atoms with van der Waals surface area (Å²) in [5, 5.41) is 0. The normalized spacial score (nSPS) is 15.9. The first-order valence-corrected chi connectivity index (χ1v) is 8.77. The van der Waals surface area contributed by atoms with E-state index >= 15 is 0 Å². The van der Waals surface area contributed by atoms with Gasteiger partial charge >= 0.3 is 0 Å². The number of rotatable bonds is 3. The Morgan fingerprint density at radius 3 is 2.28 bits per heavy atom. The van der Waals surface area contributed by atoms with Crippen LogP contribution in [-0.4, -0.2) is 11.9 Å². The smallest absolute Gasteiger partial charge is 0.231 e. The number of amides is 1. The number of carbonyl (C=O) groups is 1. The zero-order valence-corrected chi connectivity index (χ0v) is 14.4. The molecule has 0 spiro atoms. The number of hydrogen-bond donors (Lipinski definition) is 0. The zero-order valence-electron chi connectivity index (χ0n) is 14.4. The Morgan fingerprint density at radius 1 is 0.880 bits per heavy atom. The molecular weight excluding hydrogens is 306 g/mol. The average Bonchev–Trinajstić information content (AvgIpc) is 2.99. The lowest BCUT2D eigenvalue weighted by molar-refractivity contribution is -0.118. The van der Waals surface area contributed by atoms with Gasteiger partial charge in [-0.1, -0.05) is 72.8 Å². The van der Waals surface area contributed by atoms with Crippen LogP contribution in [-0.2, 0) is 17.6 Å². The Bertz CT molecular complexity index is 883. The minimum atomic E-state index is 0.171. The molecule has 1 atom stereocenters. The fourth-order valence-corrected chi connectivity index (χ4v) is 3.65. The summed E-state index contributed by atoms with van der Waals surface area (Å²) < 4.78 is 0. The Labute approximate surface area is 148 Å². The fourth-order valence-electron chi connectivity index (χ4n) is 3.65. The molecule has 124 valence electrons. The van der Waals surface area contributed by atoms with E-state index in [0.29, 0.717) is 6.42 Å². The van der Waals surface area contributed by atoms with Gasteiger partial charge in [-0.05, 0) is 41.7 Å². The number of nitrogens with zero attached hydrogens (tertiary/aromatic N) is 1. The van der Waals surface area contributed by atoms with Crippen LogP contribution in [0.2, 0.25) is 0 Å².